The first-order valence-corrected chi connectivity index (χ1v) is 14.8. The summed E-state index contributed by atoms with van der Waals surface area (Å²) in [7, 11) is 0. The summed E-state index contributed by atoms with van der Waals surface area (Å²) < 4.78 is 0. The van der Waals surface area contributed by atoms with Crippen molar-refractivity contribution in [3.8, 4) is 11.1 Å². The molecule has 0 aliphatic carbocycles. The molecule has 0 saturated carbocycles. The van der Waals surface area contributed by atoms with Gasteiger partial charge in [0.1, 0.15) is 6.04 Å². The molecule has 2 aromatic rings. The van der Waals surface area contributed by atoms with Crippen LogP contribution in [0.25, 0.3) is 11.1 Å². The molecular weight excluding hydrogens is 532 g/mol. The number of guanidine groups is 1. The van der Waals surface area contributed by atoms with E-state index in [-0.39, 0.29) is 30.1 Å². The van der Waals surface area contributed by atoms with Gasteiger partial charge in [-0.3, -0.25) is 24.7 Å². The van der Waals surface area contributed by atoms with Crippen molar-refractivity contribution >= 4 is 23.6 Å². The van der Waals surface area contributed by atoms with E-state index in [2.05, 4.69) is 20.9 Å². The number of benzene rings is 2. The first-order valence-electron chi connectivity index (χ1n) is 14.8. The van der Waals surface area contributed by atoms with Gasteiger partial charge in [-0.2, -0.15) is 0 Å². The number of carbonyl (C=O) groups excluding carboxylic acids is 3. The Balaban J connectivity index is 1.99. The second kappa shape index (κ2) is 20.1. The van der Waals surface area contributed by atoms with Crippen molar-refractivity contribution in [3.05, 3.63) is 60.2 Å². The van der Waals surface area contributed by atoms with Crippen LogP contribution in [0.15, 0.2) is 59.6 Å². The second-order valence-corrected chi connectivity index (χ2v) is 10.2. The van der Waals surface area contributed by atoms with Gasteiger partial charge in [0.25, 0.3) is 0 Å². The lowest BCUT2D eigenvalue weighted by Crippen LogP contribution is -2.53. The van der Waals surface area contributed by atoms with E-state index in [1.807, 2.05) is 42.5 Å². The smallest absolute Gasteiger partial charge is 0.242 e. The summed E-state index contributed by atoms with van der Waals surface area (Å²) in [5.41, 5.74) is 24.6. The number of hydrogen-bond donors (Lipinski definition) is 7. The molecule has 2 amide bonds. The fourth-order valence-electron chi connectivity index (χ4n) is 4.43. The monoisotopic (exact) mass is 580 g/mol. The second-order valence-electron chi connectivity index (χ2n) is 10.2. The summed E-state index contributed by atoms with van der Waals surface area (Å²) in [6.45, 7) is 1.93. The fraction of sp³-hybridized carbons (Fsp3) is 0.484. The quantitative estimate of drug-likeness (QED) is 0.0496. The molecule has 0 unspecified atom stereocenters. The lowest BCUT2D eigenvalue weighted by Gasteiger charge is -2.23. The van der Waals surface area contributed by atoms with Crippen molar-refractivity contribution in [2.24, 2.45) is 27.9 Å². The summed E-state index contributed by atoms with van der Waals surface area (Å²) in [6.07, 6.45) is 5.27. The zero-order valence-electron chi connectivity index (χ0n) is 24.5. The fourth-order valence-corrected chi connectivity index (χ4v) is 4.43. The highest BCUT2D eigenvalue weighted by atomic mass is 16.2. The van der Waals surface area contributed by atoms with Gasteiger partial charge in [0.2, 0.25) is 11.8 Å². The van der Waals surface area contributed by atoms with Crippen LogP contribution in [0.5, 0.6) is 0 Å². The van der Waals surface area contributed by atoms with Gasteiger partial charge in [-0.05, 0) is 69.2 Å². The van der Waals surface area contributed by atoms with E-state index >= 15 is 0 Å². The Hall–Kier alpha value is -3.80. The van der Waals surface area contributed by atoms with E-state index in [0.29, 0.717) is 63.8 Å². The lowest BCUT2D eigenvalue weighted by molar-refractivity contribution is -0.130. The maximum atomic E-state index is 13.4. The summed E-state index contributed by atoms with van der Waals surface area (Å²) >= 11 is 0. The summed E-state index contributed by atoms with van der Waals surface area (Å²) in [4.78, 5) is 43.2. The van der Waals surface area contributed by atoms with Crippen LogP contribution in [0.4, 0.5) is 0 Å². The molecule has 0 heterocycles. The maximum Gasteiger partial charge on any atom is 0.242 e. The molecule has 2 rings (SSSR count). The highest BCUT2D eigenvalue weighted by Gasteiger charge is 2.25. The predicted molar refractivity (Wildman–Crippen MR) is 169 cm³/mol. The Bertz CT molecular complexity index is 1100. The average molecular weight is 581 g/mol. The third-order valence-corrected chi connectivity index (χ3v) is 6.84. The number of carbonyl (C=O) groups is 3. The van der Waals surface area contributed by atoms with Crippen molar-refractivity contribution in [2.45, 2.75) is 63.5 Å². The number of nitrogens with one attached hydrogen (secondary N) is 3. The highest BCUT2D eigenvalue weighted by Crippen LogP contribution is 2.19. The molecule has 0 radical (unpaired) electrons. The van der Waals surface area contributed by atoms with Crippen molar-refractivity contribution in [3.63, 3.8) is 0 Å². The van der Waals surface area contributed by atoms with Gasteiger partial charge in [0.05, 0.1) is 12.6 Å². The molecule has 11 heteroatoms. The third kappa shape index (κ3) is 13.2. The summed E-state index contributed by atoms with van der Waals surface area (Å²) in [5, 5.41) is 8.93. The van der Waals surface area contributed by atoms with Crippen LogP contribution in [0, 0.1) is 0 Å². The summed E-state index contributed by atoms with van der Waals surface area (Å²) in [5.74, 6) is -0.652. The normalized spacial score (nSPS) is 12.2. The number of Topliss-reactive ketones (excluding diaryl/α,β-unsaturated/α-hetero) is 1. The maximum absolute atomic E-state index is 13.4. The number of rotatable bonds is 21. The standard InChI is InChI=1S/C31H48N8O3/c32-18-6-4-12-26(38-22-28(40)25-16-14-24(15-17-25)23-10-2-1-3-11-23)30(42)39-27(13-5-7-19-33)29(41)36-20-8-9-21-37-31(34)35/h1-3,10-11,14-17,26-27,38H,4-9,12-13,18-22,32-33H2,(H,36,41)(H,39,42)(H4,34,35,37)/t26-,27+/m1/s1. The van der Waals surface area contributed by atoms with Crippen LogP contribution >= 0.6 is 0 Å². The van der Waals surface area contributed by atoms with E-state index in [0.717, 1.165) is 30.4 Å². The third-order valence-electron chi connectivity index (χ3n) is 6.84. The van der Waals surface area contributed by atoms with E-state index in [1.165, 1.54) is 0 Å². The Morgan fingerprint density at radius 3 is 1.95 bits per heavy atom. The first-order chi connectivity index (χ1) is 20.3. The van der Waals surface area contributed by atoms with Gasteiger partial charge in [-0.25, -0.2) is 0 Å². The number of nitrogens with zero attached hydrogens (tertiary/aromatic N) is 1. The number of nitrogens with two attached hydrogens (primary N) is 4. The zero-order chi connectivity index (χ0) is 30.6. The lowest BCUT2D eigenvalue weighted by atomic mass is 10.0. The van der Waals surface area contributed by atoms with Crippen LogP contribution in [0.2, 0.25) is 0 Å². The van der Waals surface area contributed by atoms with Crippen molar-refractivity contribution < 1.29 is 14.4 Å². The Morgan fingerprint density at radius 1 is 0.714 bits per heavy atom. The zero-order valence-corrected chi connectivity index (χ0v) is 24.5. The van der Waals surface area contributed by atoms with Gasteiger partial charge >= 0.3 is 0 Å². The highest BCUT2D eigenvalue weighted by molar-refractivity contribution is 5.98. The molecule has 0 saturated heterocycles. The van der Waals surface area contributed by atoms with Gasteiger partial charge in [-0.15, -0.1) is 0 Å². The predicted octanol–water partition coefficient (Wildman–Crippen LogP) is 1.41. The van der Waals surface area contributed by atoms with Crippen LogP contribution in [0.1, 0.15) is 61.7 Å². The van der Waals surface area contributed by atoms with Crippen LogP contribution in [-0.4, -0.2) is 68.4 Å². The Kier molecular flexibility index (Phi) is 16.5. The minimum atomic E-state index is -0.707. The molecule has 0 fully saturated rings. The minimum absolute atomic E-state index is 0.00870. The van der Waals surface area contributed by atoms with Gasteiger partial charge in [0, 0.05) is 18.7 Å². The van der Waals surface area contributed by atoms with Gasteiger partial charge in [-0.1, -0.05) is 61.0 Å². The van der Waals surface area contributed by atoms with Crippen LogP contribution in [-0.2, 0) is 9.59 Å². The number of amides is 2. The van der Waals surface area contributed by atoms with Gasteiger partial charge in [0.15, 0.2) is 11.7 Å². The molecule has 0 aliphatic rings. The molecule has 230 valence electrons. The number of ketones is 1. The van der Waals surface area contributed by atoms with Crippen molar-refractivity contribution in [1.29, 1.82) is 0 Å². The van der Waals surface area contributed by atoms with Gasteiger partial charge < -0.3 is 33.6 Å². The molecule has 42 heavy (non-hydrogen) atoms. The molecule has 2 atom stereocenters. The SMILES string of the molecule is NCCCC[C@H](NC(=O)[C@@H](CCCCN)NCC(=O)c1ccc(-c2ccccc2)cc1)C(=O)NCCCCN=C(N)N. The van der Waals surface area contributed by atoms with E-state index in [1.54, 1.807) is 12.1 Å². The number of unbranched alkanes of at least 4 members (excludes halogenated alkanes) is 3. The Labute approximate surface area is 249 Å². The average Bonchev–Trinajstić information content (AvgIpc) is 3.00. The van der Waals surface area contributed by atoms with Crippen molar-refractivity contribution in [1.82, 2.24) is 16.0 Å². The van der Waals surface area contributed by atoms with E-state index in [9.17, 15) is 14.4 Å². The minimum Gasteiger partial charge on any atom is -0.370 e. The molecule has 0 aromatic heterocycles. The Morgan fingerprint density at radius 2 is 1.33 bits per heavy atom. The molecular formula is C31H48N8O3. The van der Waals surface area contributed by atoms with Crippen LogP contribution < -0.4 is 38.9 Å². The molecule has 11 N–H and O–H groups in total. The molecule has 11 nitrogen and oxygen atoms in total. The van der Waals surface area contributed by atoms with Crippen LogP contribution in [0.3, 0.4) is 0 Å². The van der Waals surface area contributed by atoms with E-state index in [4.69, 9.17) is 22.9 Å². The molecule has 0 aliphatic heterocycles. The molecule has 0 spiro atoms. The number of aliphatic imine (C=N–C) groups is 1. The molecule has 0 bridgehead atoms. The summed E-state index contributed by atoms with van der Waals surface area (Å²) in [6, 6.07) is 16.0. The van der Waals surface area contributed by atoms with E-state index < -0.39 is 12.1 Å². The topological polar surface area (TPSA) is 204 Å². The molecule has 2 aromatic carbocycles. The number of hydrogen-bond acceptors (Lipinski definition) is 7. The largest absolute Gasteiger partial charge is 0.370 e. The van der Waals surface area contributed by atoms with Crippen molar-refractivity contribution in [2.75, 3.05) is 32.7 Å². The first kappa shape index (κ1) is 34.4.